The van der Waals surface area contributed by atoms with Gasteiger partial charge in [-0.3, -0.25) is 4.79 Å². The Bertz CT molecular complexity index is 759. The molecule has 1 amide bonds. The Morgan fingerprint density at radius 1 is 1.38 bits per heavy atom. The van der Waals surface area contributed by atoms with Crippen molar-refractivity contribution in [1.82, 2.24) is 15.5 Å². The molecule has 140 valence electrons. The molecule has 0 saturated carbocycles. The number of aromatic nitrogens is 2. The van der Waals surface area contributed by atoms with Gasteiger partial charge in [0.25, 0.3) is 0 Å². The molecule has 1 aliphatic heterocycles. The number of nitrogens with one attached hydrogen (secondary N) is 2. The van der Waals surface area contributed by atoms with Gasteiger partial charge in [0, 0.05) is 18.8 Å². The third-order valence-corrected chi connectivity index (χ3v) is 6.36. The van der Waals surface area contributed by atoms with Crippen molar-refractivity contribution >= 4 is 39.8 Å². The molecule has 2 heterocycles. The summed E-state index contributed by atoms with van der Waals surface area (Å²) in [4.78, 5) is 12.2. The van der Waals surface area contributed by atoms with Crippen molar-refractivity contribution in [3.8, 4) is 0 Å². The standard InChI is InChI=1S/C18H24N4O2S2/c1-11-6-7-14(9-12(11)2)20-17-21-22-18(26-17)25-13(3)16(23)19-10-15-5-4-8-24-15/h6-7,9,13,15H,4-5,8,10H2,1-3H3,(H,19,23)(H,20,21)/t13-,15+/m0/s1. The van der Waals surface area contributed by atoms with Gasteiger partial charge >= 0.3 is 0 Å². The molecule has 26 heavy (non-hydrogen) atoms. The largest absolute Gasteiger partial charge is 0.376 e. The fourth-order valence-electron chi connectivity index (χ4n) is 2.62. The van der Waals surface area contributed by atoms with Gasteiger partial charge in [-0.25, -0.2) is 0 Å². The highest BCUT2D eigenvalue weighted by Crippen LogP contribution is 2.30. The van der Waals surface area contributed by atoms with E-state index in [0.717, 1.165) is 34.6 Å². The molecule has 3 rings (SSSR count). The Hall–Kier alpha value is -1.64. The number of hydrogen-bond acceptors (Lipinski definition) is 7. The van der Waals surface area contributed by atoms with Crippen LogP contribution in [0.5, 0.6) is 0 Å². The van der Waals surface area contributed by atoms with Crippen LogP contribution in [0.3, 0.4) is 0 Å². The first-order valence-corrected chi connectivity index (χ1v) is 10.4. The van der Waals surface area contributed by atoms with Crippen LogP contribution in [-0.2, 0) is 9.53 Å². The van der Waals surface area contributed by atoms with Crippen LogP contribution < -0.4 is 10.6 Å². The number of anilines is 2. The van der Waals surface area contributed by atoms with Crippen molar-refractivity contribution < 1.29 is 9.53 Å². The van der Waals surface area contributed by atoms with Crippen molar-refractivity contribution in [2.24, 2.45) is 0 Å². The molecule has 1 saturated heterocycles. The van der Waals surface area contributed by atoms with Crippen LogP contribution in [0.4, 0.5) is 10.8 Å². The molecular formula is C18H24N4O2S2. The number of carbonyl (C=O) groups excluding carboxylic acids is 1. The number of nitrogens with zero attached hydrogens (tertiary/aromatic N) is 2. The maximum Gasteiger partial charge on any atom is 0.233 e. The first kappa shape index (κ1) is 19.1. The second kappa shape index (κ2) is 8.83. The van der Waals surface area contributed by atoms with Crippen LogP contribution >= 0.6 is 23.1 Å². The third kappa shape index (κ3) is 5.18. The summed E-state index contributed by atoms with van der Waals surface area (Å²) in [6, 6.07) is 6.19. The molecule has 1 aromatic carbocycles. The number of ether oxygens (including phenoxy) is 1. The Morgan fingerprint density at radius 3 is 2.96 bits per heavy atom. The minimum atomic E-state index is -0.223. The molecule has 0 unspecified atom stereocenters. The van der Waals surface area contributed by atoms with Crippen LogP contribution in [0, 0.1) is 13.8 Å². The summed E-state index contributed by atoms with van der Waals surface area (Å²) in [6.07, 6.45) is 2.25. The first-order chi connectivity index (χ1) is 12.5. The smallest absolute Gasteiger partial charge is 0.233 e. The van der Waals surface area contributed by atoms with Crippen LogP contribution in [0.1, 0.15) is 30.9 Å². The van der Waals surface area contributed by atoms with Crippen LogP contribution in [-0.4, -0.2) is 40.6 Å². The lowest BCUT2D eigenvalue weighted by atomic mass is 10.1. The summed E-state index contributed by atoms with van der Waals surface area (Å²) in [5.74, 6) is 0.00404. The fourth-order valence-corrected chi connectivity index (χ4v) is 4.56. The van der Waals surface area contributed by atoms with Crippen molar-refractivity contribution in [1.29, 1.82) is 0 Å². The summed E-state index contributed by atoms with van der Waals surface area (Å²) in [5, 5.41) is 15.1. The van der Waals surface area contributed by atoms with Gasteiger partial charge in [-0.2, -0.15) is 0 Å². The average Bonchev–Trinajstić information content (AvgIpc) is 3.28. The molecule has 2 N–H and O–H groups in total. The van der Waals surface area contributed by atoms with Gasteiger partial charge in [0.2, 0.25) is 11.0 Å². The lowest BCUT2D eigenvalue weighted by Gasteiger charge is -2.13. The van der Waals surface area contributed by atoms with Gasteiger partial charge in [-0.1, -0.05) is 29.2 Å². The zero-order chi connectivity index (χ0) is 18.5. The molecule has 2 aromatic rings. The predicted molar refractivity (Wildman–Crippen MR) is 106 cm³/mol. The summed E-state index contributed by atoms with van der Waals surface area (Å²) in [6.45, 7) is 7.43. The molecule has 0 bridgehead atoms. The molecule has 1 aromatic heterocycles. The lowest BCUT2D eigenvalue weighted by Crippen LogP contribution is -2.36. The number of thioether (sulfide) groups is 1. The monoisotopic (exact) mass is 392 g/mol. The van der Waals surface area contributed by atoms with E-state index >= 15 is 0 Å². The zero-order valence-corrected chi connectivity index (χ0v) is 16.9. The average molecular weight is 393 g/mol. The van der Waals surface area contributed by atoms with Gasteiger partial charge in [0.05, 0.1) is 11.4 Å². The molecular weight excluding hydrogens is 368 g/mol. The van der Waals surface area contributed by atoms with E-state index < -0.39 is 0 Å². The van der Waals surface area contributed by atoms with Gasteiger partial charge in [-0.05, 0) is 56.9 Å². The normalized spacial score (nSPS) is 17.9. The van der Waals surface area contributed by atoms with Gasteiger partial charge < -0.3 is 15.4 Å². The molecule has 0 radical (unpaired) electrons. The molecule has 1 aliphatic rings. The summed E-state index contributed by atoms with van der Waals surface area (Å²) in [7, 11) is 0. The van der Waals surface area contributed by atoms with E-state index in [4.69, 9.17) is 4.74 Å². The van der Waals surface area contributed by atoms with Crippen molar-refractivity contribution in [2.45, 2.75) is 49.3 Å². The molecule has 2 atom stereocenters. The Morgan fingerprint density at radius 2 is 2.23 bits per heavy atom. The number of benzene rings is 1. The van der Waals surface area contributed by atoms with Gasteiger partial charge in [0.1, 0.15) is 0 Å². The van der Waals surface area contributed by atoms with Gasteiger partial charge in [0.15, 0.2) is 4.34 Å². The van der Waals surface area contributed by atoms with E-state index in [1.807, 2.05) is 13.0 Å². The summed E-state index contributed by atoms with van der Waals surface area (Å²) in [5.41, 5.74) is 3.47. The van der Waals surface area contributed by atoms with Crippen molar-refractivity contribution in [3.63, 3.8) is 0 Å². The van der Waals surface area contributed by atoms with E-state index in [1.54, 1.807) is 0 Å². The van der Waals surface area contributed by atoms with Crippen LogP contribution in [0.25, 0.3) is 0 Å². The SMILES string of the molecule is Cc1ccc(Nc2nnc(S[C@@H](C)C(=O)NC[C@H]3CCCO3)s2)cc1C. The maximum atomic E-state index is 12.2. The van der Waals surface area contributed by atoms with E-state index in [1.165, 1.54) is 34.2 Å². The van der Waals surface area contributed by atoms with E-state index in [-0.39, 0.29) is 17.3 Å². The second-order valence-corrected chi connectivity index (χ2v) is 9.00. The topological polar surface area (TPSA) is 76.1 Å². The number of hydrogen-bond donors (Lipinski definition) is 2. The minimum Gasteiger partial charge on any atom is -0.376 e. The maximum absolute atomic E-state index is 12.2. The quantitative estimate of drug-likeness (QED) is 0.700. The Kier molecular flexibility index (Phi) is 6.50. The molecule has 0 spiro atoms. The van der Waals surface area contributed by atoms with Crippen LogP contribution in [0.2, 0.25) is 0 Å². The number of amides is 1. The van der Waals surface area contributed by atoms with Gasteiger partial charge in [-0.15, -0.1) is 10.2 Å². The molecule has 0 aliphatic carbocycles. The number of rotatable bonds is 7. The highest BCUT2D eigenvalue weighted by atomic mass is 32.2. The number of carbonyl (C=O) groups is 1. The Labute approximate surface area is 162 Å². The lowest BCUT2D eigenvalue weighted by molar-refractivity contribution is -0.120. The highest BCUT2D eigenvalue weighted by molar-refractivity contribution is 8.02. The third-order valence-electron chi connectivity index (χ3n) is 4.34. The number of aryl methyl sites for hydroxylation is 2. The van der Waals surface area contributed by atoms with Crippen molar-refractivity contribution in [3.05, 3.63) is 29.3 Å². The summed E-state index contributed by atoms with van der Waals surface area (Å²) >= 11 is 2.88. The van der Waals surface area contributed by atoms with E-state index in [9.17, 15) is 4.79 Å². The summed E-state index contributed by atoms with van der Waals surface area (Å²) < 4.78 is 6.30. The Balaban J connectivity index is 1.50. The first-order valence-electron chi connectivity index (χ1n) is 8.75. The molecule has 1 fully saturated rings. The van der Waals surface area contributed by atoms with E-state index in [2.05, 4.69) is 46.8 Å². The highest BCUT2D eigenvalue weighted by Gasteiger charge is 2.20. The minimum absolute atomic E-state index is 0.00404. The van der Waals surface area contributed by atoms with Crippen molar-refractivity contribution in [2.75, 3.05) is 18.5 Å². The van der Waals surface area contributed by atoms with Crippen LogP contribution in [0.15, 0.2) is 22.5 Å². The molecule has 8 heteroatoms. The predicted octanol–water partition coefficient (Wildman–Crippen LogP) is 3.67. The zero-order valence-electron chi connectivity index (χ0n) is 15.2. The second-order valence-electron chi connectivity index (χ2n) is 6.44. The van der Waals surface area contributed by atoms with E-state index in [0.29, 0.717) is 6.54 Å². The fraction of sp³-hybridized carbons (Fsp3) is 0.500. The molecule has 6 nitrogen and oxygen atoms in total.